The maximum atomic E-state index is 11.9. The number of aryl methyl sites for hydroxylation is 2. The summed E-state index contributed by atoms with van der Waals surface area (Å²) in [6.45, 7) is 3.79. The molecule has 0 atom stereocenters. The first-order valence-electron chi connectivity index (χ1n) is 6.86. The third kappa shape index (κ3) is 4.33. The molecule has 5 heteroatoms. The third-order valence-electron chi connectivity index (χ3n) is 3.18. The van der Waals surface area contributed by atoms with E-state index in [9.17, 15) is 9.59 Å². The van der Waals surface area contributed by atoms with Crippen molar-refractivity contribution in [3.05, 3.63) is 64.2 Å². The van der Waals surface area contributed by atoms with Gasteiger partial charge in [0.15, 0.2) is 0 Å². The third-order valence-corrected chi connectivity index (χ3v) is 3.44. The average molecular weight is 317 g/mol. The van der Waals surface area contributed by atoms with Crippen LogP contribution in [0.1, 0.15) is 21.5 Å². The molecule has 0 radical (unpaired) electrons. The Balaban J connectivity index is 1.91. The molecule has 0 aliphatic heterocycles. The summed E-state index contributed by atoms with van der Waals surface area (Å²) in [5.41, 5.74) is 3.25. The van der Waals surface area contributed by atoms with Gasteiger partial charge in [0.1, 0.15) is 0 Å². The van der Waals surface area contributed by atoms with Gasteiger partial charge in [-0.25, -0.2) is 0 Å². The number of hydrogen-bond acceptors (Lipinski definition) is 2. The van der Waals surface area contributed by atoms with E-state index in [1.807, 2.05) is 32.0 Å². The van der Waals surface area contributed by atoms with Crippen LogP contribution in [0.3, 0.4) is 0 Å². The lowest BCUT2D eigenvalue weighted by Gasteiger charge is -2.10. The summed E-state index contributed by atoms with van der Waals surface area (Å²) in [5.74, 6) is -0.580. The molecule has 2 aromatic rings. The number of rotatable bonds is 4. The lowest BCUT2D eigenvalue weighted by molar-refractivity contribution is -0.115. The van der Waals surface area contributed by atoms with E-state index < -0.39 is 0 Å². The molecule has 114 valence electrons. The SMILES string of the molecule is Cc1ccc(C)c(NC(=O)CNC(=O)c2ccc(Cl)cc2)c1. The number of amides is 2. The Morgan fingerprint density at radius 1 is 1.05 bits per heavy atom. The zero-order valence-electron chi connectivity index (χ0n) is 12.4. The minimum Gasteiger partial charge on any atom is -0.343 e. The number of nitrogens with one attached hydrogen (secondary N) is 2. The fourth-order valence-corrected chi connectivity index (χ4v) is 2.05. The Labute approximate surface area is 134 Å². The molecule has 2 aromatic carbocycles. The van der Waals surface area contributed by atoms with Crippen LogP contribution in [0.2, 0.25) is 5.02 Å². The highest BCUT2D eigenvalue weighted by Gasteiger charge is 2.09. The number of anilines is 1. The van der Waals surface area contributed by atoms with E-state index in [1.165, 1.54) is 0 Å². The molecule has 0 aromatic heterocycles. The normalized spacial score (nSPS) is 10.1. The highest BCUT2D eigenvalue weighted by Crippen LogP contribution is 2.16. The van der Waals surface area contributed by atoms with Crippen LogP contribution in [-0.4, -0.2) is 18.4 Å². The van der Waals surface area contributed by atoms with E-state index >= 15 is 0 Å². The number of carbonyl (C=O) groups excluding carboxylic acids is 2. The lowest BCUT2D eigenvalue weighted by Crippen LogP contribution is -2.33. The van der Waals surface area contributed by atoms with Crippen LogP contribution in [0.15, 0.2) is 42.5 Å². The Hall–Kier alpha value is -2.33. The van der Waals surface area contributed by atoms with Crippen molar-refractivity contribution in [2.45, 2.75) is 13.8 Å². The maximum Gasteiger partial charge on any atom is 0.251 e. The molecule has 2 rings (SSSR count). The van der Waals surface area contributed by atoms with Crippen molar-refractivity contribution < 1.29 is 9.59 Å². The Bertz CT molecular complexity index is 696. The lowest BCUT2D eigenvalue weighted by atomic mass is 10.1. The topological polar surface area (TPSA) is 58.2 Å². The second-order valence-corrected chi connectivity index (χ2v) is 5.49. The largest absolute Gasteiger partial charge is 0.343 e. The summed E-state index contributed by atoms with van der Waals surface area (Å²) >= 11 is 5.77. The number of hydrogen-bond donors (Lipinski definition) is 2. The second kappa shape index (κ2) is 7.09. The van der Waals surface area contributed by atoms with Gasteiger partial charge < -0.3 is 10.6 Å². The number of halogens is 1. The average Bonchev–Trinajstić information content (AvgIpc) is 2.49. The minimum atomic E-state index is -0.312. The minimum absolute atomic E-state index is 0.0885. The second-order valence-electron chi connectivity index (χ2n) is 5.06. The van der Waals surface area contributed by atoms with Crippen molar-refractivity contribution in [1.82, 2.24) is 5.32 Å². The molecule has 0 fully saturated rings. The van der Waals surface area contributed by atoms with E-state index in [-0.39, 0.29) is 18.4 Å². The van der Waals surface area contributed by atoms with Crippen molar-refractivity contribution in [2.75, 3.05) is 11.9 Å². The van der Waals surface area contributed by atoms with Crippen molar-refractivity contribution in [3.8, 4) is 0 Å². The Morgan fingerprint density at radius 3 is 2.41 bits per heavy atom. The van der Waals surface area contributed by atoms with E-state index in [1.54, 1.807) is 24.3 Å². The number of carbonyl (C=O) groups is 2. The molecular formula is C17H17ClN2O2. The summed E-state index contributed by atoms with van der Waals surface area (Å²) in [6, 6.07) is 12.3. The molecule has 0 bridgehead atoms. The van der Waals surface area contributed by atoms with Crippen LogP contribution in [0.4, 0.5) is 5.69 Å². The van der Waals surface area contributed by atoms with Crippen molar-refractivity contribution in [3.63, 3.8) is 0 Å². The fourth-order valence-electron chi connectivity index (χ4n) is 1.93. The van der Waals surface area contributed by atoms with E-state index in [4.69, 9.17) is 11.6 Å². The maximum absolute atomic E-state index is 11.9. The predicted molar refractivity (Wildman–Crippen MR) is 88.3 cm³/mol. The van der Waals surface area contributed by atoms with Gasteiger partial charge in [-0.05, 0) is 55.3 Å². The van der Waals surface area contributed by atoms with Crippen LogP contribution in [0.25, 0.3) is 0 Å². The standard InChI is InChI=1S/C17H17ClN2O2/c1-11-3-4-12(2)15(9-11)20-16(21)10-19-17(22)13-5-7-14(18)8-6-13/h3-9H,10H2,1-2H3,(H,19,22)(H,20,21). The molecule has 0 aliphatic rings. The summed E-state index contributed by atoms with van der Waals surface area (Å²) < 4.78 is 0. The summed E-state index contributed by atoms with van der Waals surface area (Å²) in [6.07, 6.45) is 0. The molecule has 0 spiro atoms. The van der Waals surface area contributed by atoms with E-state index in [0.29, 0.717) is 10.6 Å². The molecule has 0 saturated carbocycles. The predicted octanol–water partition coefficient (Wildman–Crippen LogP) is 3.33. The van der Waals surface area contributed by atoms with Crippen LogP contribution >= 0.6 is 11.6 Å². The van der Waals surface area contributed by atoms with E-state index in [0.717, 1.165) is 16.8 Å². The van der Waals surface area contributed by atoms with Gasteiger partial charge in [-0.3, -0.25) is 9.59 Å². The van der Waals surface area contributed by atoms with Gasteiger partial charge in [0.05, 0.1) is 6.54 Å². The van der Waals surface area contributed by atoms with Gasteiger partial charge in [0.25, 0.3) is 5.91 Å². The molecule has 0 heterocycles. The van der Waals surface area contributed by atoms with Gasteiger partial charge in [-0.1, -0.05) is 23.7 Å². The first-order valence-corrected chi connectivity index (χ1v) is 7.24. The molecule has 2 amide bonds. The summed E-state index contributed by atoms with van der Waals surface area (Å²) in [5, 5.41) is 5.93. The van der Waals surface area contributed by atoms with Crippen molar-refractivity contribution in [2.24, 2.45) is 0 Å². The molecular weight excluding hydrogens is 300 g/mol. The molecule has 0 saturated heterocycles. The molecule has 0 unspecified atom stereocenters. The van der Waals surface area contributed by atoms with Crippen LogP contribution in [0.5, 0.6) is 0 Å². The zero-order chi connectivity index (χ0) is 16.1. The van der Waals surface area contributed by atoms with Gasteiger partial charge in [0, 0.05) is 16.3 Å². The molecule has 0 aliphatic carbocycles. The molecule has 2 N–H and O–H groups in total. The van der Waals surface area contributed by atoms with Crippen molar-refractivity contribution in [1.29, 1.82) is 0 Å². The van der Waals surface area contributed by atoms with Crippen LogP contribution < -0.4 is 10.6 Å². The van der Waals surface area contributed by atoms with Crippen molar-refractivity contribution >= 4 is 29.1 Å². The first kappa shape index (κ1) is 16.0. The van der Waals surface area contributed by atoms with E-state index in [2.05, 4.69) is 10.6 Å². The highest BCUT2D eigenvalue weighted by molar-refractivity contribution is 6.30. The van der Waals surface area contributed by atoms with Crippen LogP contribution in [0, 0.1) is 13.8 Å². The zero-order valence-corrected chi connectivity index (χ0v) is 13.2. The molecule has 4 nitrogen and oxygen atoms in total. The smallest absolute Gasteiger partial charge is 0.251 e. The fraction of sp³-hybridized carbons (Fsp3) is 0.176. The van der Waals surface area contributed by atoms with Crippen LogP contribution in [-0.2, 0) is 4.79 Å². The summed E-state index contributed by atoms with van der Waals surface area (Å²) in [4.78, 5) is 23.8. The van der Waals surface area contributed by atoms with Gasteiger partial charge >= 0.3 is 0 Å². The first-order chi connectivity index (χ1) is 10.5. The summed E-state index contributed by atoms with van der Waals surface area (Å²) in [7, 11) is 0. The Kier molecular flexibility index (Phi) is 5.17. The Morgan fingerprint density at radius 2 is 1.73 bits per heavy atom. The number of benzene rings is 2. The van der Waals surface area contributed by atoms with Gasteiger partial charge in [-0.15, -0.1) is 0 Å². The van der Waals surface area contributed by atoms with Gasteiger partial charge in [0.2, 0.25) is 5.91 Å². The monoisotopic (exact) mass is 316 g/mol. The quantitative estimate of drug-likeness (QED) is 0.909. The molecule has 22 heavy (non-hydrogen) atoms. The highest BCUT2D eigenvalue weighted by atomic mass is 35.5. The van der Waals surface area contributed by atoms with Gasteiger partial charge in [-0.2, -0.15) is 0 Å².